The Morgan fingerprint density at radius 1 is 1.17 bits per heavy atom. The molecule has 7 heteroatoms. The van der Waals surface area contributed by atoms with Crippen LogP contribution in [0.2, 0.25) is 0 Å². The molecule has 0 atom stereocenters. The standard InChI is InChI=1S/C16H21FN2O4/c1-11(2)7-8-18-14(20)10-23-15(21)9-19-16(22)12-5-3-4-6-13(12)17/h3-6,11H,7-10H2,1-2H3,(H,18,20)(H,19,22). The lowest BCUT2D eigenvalue weighted by Crippen LogP contribution is -2.34. The molecule has 0 aliphatic heterocycles. The minimum absolute atomic E-state index is 0.160. The normalized spacial score (nSPS) is 10.3. The van der Waals surface area contributed by atoms with E-state index in [4.69, 9.17) is 4.74 Å². The van der Waals surface area contributed by atoms with Crippen LogP contribution in [0.3, 0.4) is 0 Å². The maximum atomic E-state index is 13.4. The third kappa shape index (κ3) is 7.39. The molecule has 2 amide bonds. The predicted molar refractivity (Wildman–Crippen MR) is 82.2 cm³/mol. The Kier molecular flexibility index (Phi) is 7.73. The Hall–Kier alpha value is -2.44. The molecular formula is C16H21FN2O4. The molecule has 1 rings (SSSR count). The average molecular weight is 324 g/mol. The Balaban J connectivity index is 2.25. The summed E-state index contributed by atoms with van der Waals surface area (Å²) < 4.78 is 18.1. The van der Waals surface area contributed by atoms with Gasteiger partial charge in [0.2, 0.25) is 0 Å². The van der Waals surface area contributed by atoms with Crippen molar-refractivity contribution in [2.24, 2.45) is 5.92 Å². The quantitative estimate of drug-likeness (QED) is 0.705. The smallest absolute Gasteiger partial charge is 0.325 e. The highest BCUT2D eigenvalue weighted by atomic mass is 19.1. The van der Waals surface area contributed by atoms with Gasteiger partial charge in [-0.05, 0) is 24.5 Å². The van der Waals surface area contributed by atoms with Gasteiger partial charge in [-0.3, -0.25) is 14.4 Å². The van der Waals surface area contributed by atoms with E-state index in [1.54, 1.807) is 0 Å². The average Bonchev–Trinajstić information content (AvgIpc) is 2.50. The molecule has 0 aliphatic carbocycles. The highest BCUT2D eigenvalue weighted by Gasteiger charge is 2.13. The van der Waals surface area contributed by atoms with E-state index in [2.05, 4.69) is 10.6 Å². The van der Waals surface area contributed by atoms with Gasteiger partial charge in [0, 0.05) is 6.54 Å². The summed E-state index contributed by atoms with van der Waals surface area (Å²) in [7, 11) is 0. The molecule has 23 heavy (non-hydrogen) atoms. The first-order valence-corrected chi connectivity index (χ1v) is 7.35. The summed E-state index contributed by atoms with van der Waals surface area (Å²) in [5.74, 6) is -2.11. The van der Waals surface area contributed by atoms with Gasteiger partial charge in [0.15, 0.2) is 6.61 Å². The number of nitrogens with one attached hydrogen (secondary N) is 2. The second-order valence-electron chi connectivity index (χ2n) is 5.36. The maximum absolute atomic E-state index is 13.4. The van der Waals surface area contributed by atoms with Gasteiger partial charge in [0.05, 0.1) is 5.56 Å². The molecule has 0 heterocycles. The van der Waals surface area contributed by atoms with Crippen molar-refractivity contribution >= 4 is 17.8 Å². The molecule has 0 radical (unpaired) electrons. The summed E-state index contributed by atoms with van der Waals surface area (Å²) in [6.07, 6.45) is 0.832. The Morgan fingerprint density at radius 2 is 1.87 bits per heavy atom. The van der Waals surface area contributed by atoms with Crippen LogP contribution in [0.5, 0.6) is 0 Å². The number of amides is 2. The van der Waals surface area contributed by atoms with Crippen LogP contribution in [-0.4, -0.2) is 37.5 Å². The van der Waals surface area contributed by atoms with Gasteiger partial charge in [-0.15, -0.1) is 0 Å². The zero-order chi connectivity index (χ0) is 17.2. The molecule has 0 aliphatic rings. The van der Waals surface area contributed by atoms with Crippen LogP contribution in [0.1, 0.15) is 30.6 Å². The number of esters is 1. The van der Waals surface area contributed by atoms with Gasteiger partial charge in [0.25, 0.3) is 11.8 Å². The Morgan fingerprint density at radius 3 is 2.52 bits per heavy atom. The van der Waals surface area contributed by atoms with Gasteiger partial charge >= 0.3 is 5.97 Å². The number of carbonyl (C=O) groups is 3. The summed E-state index contributed by atoms with van der Waals surface area (Å²) >= 11 is 0. The van der Waals surface area contributed by atoms with E-state index < -0.39 is 36.8 Å². The van der Waals surface area contributed by atoms with Crippen LogP contribution in [-0.2, 0) is 14.3 Å². The molecule has 6 nitrogen and oxygen atoms in total. The summed E-state index contributed by atoms with van der Waals surface area (Å²) in [5, 5.41) is 4.85. The molecule has 126 valence electrons. The third-order valence-electron chi connectivity index (χ3n) is 2.92. The maximum Gasteiger partial charge on any atom is 0.325 e. The highest BCUT2D eigenvalue weighted by Crippen LogP contribution is 2.05. The Bertz CT molecular complexity index is 561. The SMILES string of the molecule is CC(C)CCNC(=O)COC(=O)CNC(=O)c1ccccc1F. The lowest BCUT2D eigenvalue weighted by Gasteiger charge is -2.08. The first-order chi connectivity index (χ1) is 10.9. The number of rotatable bonds is 8. The van der Waals surface area contributed by atoms with Gasteiger partial charge in [-0.1, -0.05) is 26.0 Å². The van der Waals surface area contributed by atoms with E-state index in [0.717, 1.165) is 12.5 Å². The minimum atomic E-state index is -0.770. The van der Waals surface area contributed by atoms with Crippen molar-refractivity contribution in [3.05, 3.63) is 35.6 Å². The van der Waals surface area contributed by atoms with Crippen molar-refractivity contribution in [2.75, 3.05) is 19.7 Å². The zero-order valence-electron chi connectivity index (χ0n) is 13.2. The summed E-state index contributed by atoms with van der Waals surface area (Å²) in [5.41, 5.74) is -0.160. The molecule has 0 saturated carbocycles. The fourth-order valence-corrected chi connectivity index (χ4v) is 1.64. The largest absolute Gasteiger partial charge is 0.454 e. The topological polar surface area (TPSA) is 84.5 Å². The summed E-state index contributed by atoms with van der Waals surface area (Å²) in [6.45, 7) is 3.73. The second-order valence-corrected chi connectivity index (χ2v) is 5.36. The molecule has 2 N–H and O–H groups in total. The first-order valence-electron chi connectivity index (χ1n) is 7.35. The van der Waals surface area contributed by atoms with E-state index in [0.29, 0.717) is 12.5 Å². The summed E-state index contributed by atoms with van der Waals surface area (Å²) in [6, 6.07) is 5.42. The molecule has 1 aromatic rings. The lowest BCUT2D eigenvalue weighted by molar-refractivity contribution is -0.147. The van der Waals surface area contributed by atoms with E-state index in [-0.39, 0.29) is 5.56 Å². The predicted octanol–water partition coefficient (Wildman–Crippen LogP) is 1.26. The zero-order valence-corrected chi connectivity index (χ0v) is 13.2. The van der Waals surface area contributed by atoms with E-state index in [1.165, 1.54) is 18.2 Å². The van der Waals surface area contributed by atoms with Crippen LogP contribution in [0, 0.1) is 11.7 Å². The van der Waals surface area contributed by atoms with E-state index in [9.17, 15) is 18.8 Å². The van der Waals surface area contributed by atoms with Crippen LogP contribution < -0.4 is 10.6 Å². The lowest BCUT2D eigenvalue weighted by atomic mass is 10.1. The van der Waals surface area contributed by atoms with Gasteiger partial charge < -0.3 is 15.4 Å². The number of hydrogen-bond donors (Lipinski definition) is 2. The molecule has 0 unspecified atom stereocenters. The second kappa shape index (κ2) is 9.55. The fourth-order valence-electron chi connectivity index (χ4n) is 1.64. The van der Waals surface area contributed by atoms with Crippen molar-refractivity contribution in [1.82, 2.24) is 10.6 Å². The third-order valence-corrected chi connectivity index (χ3v) is 2.92. The van der Waals surface area contributed by atoms with Crippen molar-refractivity contribution in [3.63, 3.8) is 0 Å². The summed E-state index contributed by atoms with van der Waals surface area (Å²) in [4.78, 5) is 34.5. The van der Waals surface area contributed by atoms with Crippen molar-refractivity contribution in [3.8, 4) is 0 Å². The van der Waals surface area contributed by atoms with Gasteiger partial charge in [0.1, 0.15) is 12.4 Å². The van der Waals surface area contributed by atoms with Crippen LogP contribution in [0.4, 0.5) is 4.39 Å². The van der Waals surface area contributed by atoms with Crippen molar-refractivity contribution in [2.45, 2.75) is 20.3 Å². The molecular weight excluding hydrogens is 303 g/mol. The molecule has 0 saturated heterocycles. The Labute approximate surface area is 134 Å². The van der Waals surface area contributed by atoms with Gasteiger partial charge in [-0.2, -0.15) is 0 Å². The van der Waals surface area contributed by atoms with Gasteiger partial charge in [-0.25, -0.2) is 4.39 Å². The molecule has 0 fully saturated rings. The number of benzene rings is 1. The fraction of sp³-hybridized carbons (Fsp3) is 0.438. The molecule has 0 bridgehead atoms. The van der Waals surface area contributed by atoms with E-state index in [1.807, 2.05) is 13.8 Å². The number of halogens is 1. The molecule has 0 spiro atoms. The van der Waals surface area contributed by atoms with Crippen molar-refractivity contribution < 1.29 is 23.5 Å². The molecule has 0 aromatic heterocycles. The van der Waals surface area contributed by atoms with E-state index >= 15 is 0 Å². The highest BCUT2D eigenvalue weighted by molar-refractivity contribution is 5.96. The number of ether oxygens (including phenoxy) is 1. The monoisotopic (exact) mass is 324 g/mol. The van der Waals surface area contributed by atoms with Crippen LogP contribution >= 0.6 is 0 Å². The van der Waals surface area contributed by atoms with Crippen molar-refractivity contribution in [1.29, 1.82) is 0 Å². The van der Waals surface area contributed by atoms with Crippen LogP contribution in [0.25, 0.3) is 0 Å². The number of hydrogen-bond acceptors (Lipinski definition) is 4. The first kappa shape index (κ1) is 18.6. The molecule has 1 aromatic carbocycles. The van der Waals surface area contributed by atoms with Crippen LogP contribution in [0.15, 0.2) is 24.3 Å². The number of carbonyl (C=O) groups excluding carboxylic acids is 3. The minimum Gasteiger partial charge on any atom is -0.454 e.